The number of rotatable bonds is 2. The molecule has 0 aromatic heterocycles. The highest BCUT2D eigenvalue weighted by atomic mass is 16.5. The van der Waals surface area contributed by atoms with Crippen LogP contribution >= 0.6 is 0 Å². The van der Waals surface area contributed by atoms with Gasteiger partial charge in [-0.1, -0.05) is 36.8 Å². The predicted octanol–water partition coefficient (Wildman–Crippen LogP) is 7.15. The maximum absolute atomic E-state index is 6.78. The molecule has 0 radical (unpaired) electrons. The van der Waals surface area contributed by atoms with Gasteiger partial charge in [-0.3, -0.25) is 0 Å². The maximum Gasteiger partial charge on any atom is 0.131 e. The van der Waals surface area contributed by atoms with Gasteiger partial charge in [0.25, 0.3) is 0 Å². The summed E-state index contributed by atoms with van der Waals surface area (Å²) in [5.74, 6) is 2.17. The van der Waals surface area contributed by atoms with Gasteiger partial charge in [0, 0.05) is 22.7 Å². The summed E-state index contributed by atoms with van der Waals surface area (Å²) in [6, 6.07) is 10.6. The molecule has 0 bridgehead atoms. The van der Waals surface area contributed by atoms with Crippen molar-refractivity contribution in [2.24, 2.45) is 5.92 Å². The average molecular weight is 402 g/mol. The molecule has 0 saturated carbocycles. The second kappa shape index (κ2) is 7.23. The van der Waals surface area contributed by atoms with Gasteiger partial charge < -0.3 is 14.8 Å². The van der Waals surface area contributed by atoms with E-state index in [0.29, 0.717) is 5.92 Å². The summed E-state index contributed by atoms with van der Waals surface area (Å²) in [5.41, 5.74) is 7.37. The molecule has 3 heteroatoms. The SMILES string of the molecule is COc1cccc2c1-c1ccc3c(c1C(C1C=CCCCC1)O2)C(C)=CC(C)(C)N3. The molecule has 2 heterocycles. The molecule has 0 fully saturated rings. The highest BCUT2D eigenvalue weighted by molar-refractivity contribution is 5.91. The molecule has 156 valence electrons. The summed E-state index contributed by atoms with van der Waals surface area (Å²) in [6.07, 6.45) is 11.9. The van der Waals surface area contributed by atoms with Crippen LogP contribution in [-0.4, -0.2) is 12.6 Å². The highest BCUT2D eigenvalue weighted by Crippen LogP contribution is 2.54. The van der Waals surface area contributed by atoms with Gasteiger partial charge in [0.2, 0.25) is 0 Å². The number of anilines is 1. The molecule has 0 amide bonds. The lowest BCUT2D eigenvalue weighted by atomic mass is 9.78. The lowest BCUT2D eigenvalue weighted by Gasteiger charge is -2.39. The van der Waals surface area contributed by atoms with Crippen LogP contribution in [0.5, 0.6) is 11.5 Å². The summed E-state index contributed by atoms with van der Waals surface area (Å²) in [5, 5.41) is 3.72. The lowest BCUT2D eigenvalue weighted by Crippen LogP contribution is -2.33. The zero-order valence-corrected chi connectivity index (χ0v) is 18.4. The molecule has 3 nitrogen and oxygen atoms in total. The Balaban J connectivity index is 1.77. The van der Waals surface area contributed by atoms with Crippen LogP contribution in [0.2, 0.25) is 0 Å². The van der Waals surface area contributed by atoms with Crippen molar-refractivity contribution < 1.29 is 9.47 Å². The summed E-state index contributed by atoms with van der Waals surface area (Å²) < 4.78 is 12.5. The average Bonchev–Trinajstić information content (AvgIpc) is 3.00. The van der Waals surface area contributed by atoms with Gasteiger partial charge in [0.1, 0.15) is 17.6 Å². The highest BCUT2D eigenvalue weighted by Gasteiger charge is 2.37. The monoisotopic (exact) mass is 401 g/mol. The number of allylic oxidation sites excluding steroid dienone is 2. The Bertz CT molecular complexity index is 1050. The van der Waals surface area contributed by atoms with Crippen molar-refractivity contribution in [3.8, 4) is 22.6 Å². The van der Waals surface area contributed by atoms with E-state index in [2.05, 4.69) is 62.5 Å². The topological polar surface area (TPSA) is 30.5 Å². The van der Waals surface area contributed by atoms with E-state index >= 15 is 0 Å². The number of hydrogen-bond donors (Lipinski definition) is 1. The van der Waals surface area contributed by atoms with Crippen LogP contribution < -0.4 is 14.8 Å². The minimum atomic E-state index is -0.0614. The fourth-order valence-electron chi connectivity index (χ4n) is 5.46. The third-order valence-electron chi connectivity index (χ3n) is 6.62. The third-order valence-corrected chi connectivity index (χ3v) is 6.62. The summed E-state index contributed by atoms with van der Waals surface area (Å²) in [6.45, 7) is 6.68. The van der Waals surface area contributed by atoms with E-state index in [0.717, 1.165) is 23.5 Å². The van der Waals surface area contributed by atoms with E-state index < -0.39 is 0 Å². The van der Waals surface area contributed by atoms with Crippen LogP contribution in [0.3, 0.4) is 0 Å². The first kappa shape index (κ1) is 19.3. The third kappa shape index (κ3) is 3.12. The minimum absolute atomic E-state index is 0.00951. The molecule has 5 rings (SSSR count). The Kier molecular flexibility index (Phi) is 4.65. The van der Waals surface area contributed by atoms with E-state index in [1.807, 2.05) is 12.1 Å². The Morgan fingerprint density at radius 1 is 1.10 bits per heavy atom. The van der Waals surface area contributed by atoms with Crippen LogP contribution in [0.4, 0.5) is 5.69 Å². The first-order valence-corrected chi connectivity index (χ1v) is 11.1. The van der Waals surface area contributed by atoms with Crippen molar-refractivity contribution in [3.05, 3.63) is 59.7 Å². The van der Waals surface area contributed by atoms with E-state index in [9.17, 15) is 0 Å². The number of methoxy groups -OCH3 is 1. The van der Waals surface area contributed by atoms with Gasteiger partial charge in [-0.2, -0.15) is 0 Å². The zero-order chi connectivity index (χ0) is 20.9. The fraction of sp³-hybridized carbons (Fsp3) is 0.407. The van der Waals surface area contributed by atoms with Gasteiger partial charge >= 0.3 is 0 Å². The fourth-order valence-corrected chi connectivity index (χ4v) is 5.46. The quantitative estimate of drug-likeness (QED) is 0.542. The molecular weight excluding hydrogens is 370 g/mol. The van der Waals surface area contributed by atoms with Crippen LogP contribution in [0.15, 0.2) is 48.6 Å². The van der Waals surface area contributed by atoms with Crippen molar-refractivity contribution in [3.63, 3.8) is 0 Å². The van der Waals surface area contributed by atoms with Gasteiger partial charge in [0.15, 0.2) is 0 Å². The zero-order valence-electron chi connectivity index (χ0n) is 18.4. The van der Waals surface area contributed by atoms with Gasteiger partial charge in [-0.25, -0.2) is 0 Å². The summed E-state index contributed by atoms with van der Waals surface area (Å²) >= 11 is 0. The second-order valence-corrected chi connectivity index (χ2v) is 9.37. The molecule has 30 heavy (non-hydrogen) atoms. The molecule has 0 spiro atoms. The van der Waals surface area contributed by atoms with Gasteiger partial charge in [-0.15, -0.1) is 0 Å². The van der Waals surface area contributed by atoms with Crippen LogP contribution in [0.25, 0.3) is 16.7 Å². The molecule has 2 aliphatic heterocycles. The Labute approximate surface area is 179 Å². The number of fused-ring (bicyclic) bond motifs is 5. The van der Waals surface area contributed by atoms with Crippen molar-refractivity contribution in [1.29, 1.82) is 0 Å². The molecule has 0 saturated heterocycles. The van der Waals surface area contributed by atoms with Gasteiger partial charge in [0.05, 0.1) is 18.2 Å². The largest absolute Gasteiger partial charge is 0.496 e. The minimum Gasteiger partial charge on any atom is -0.496 e. The first-order chi connectivity index (χ1) is 14.5. The van der Waals surface area contributed by atoms with Crippen LogP contribution in [-0.2, 0) is 0 Å². The number of hydrogen-bond acceptors (Lipinski definition) is 3. The molecular formula is C27H31NO2. The lowest BCUT2D eigenvalue weighted by molar-refractivity contribution is 0.149. The molecule has 1 aliphatic carbocycles. The maximum atomic E-state index is 6.78. The second-order valence-electron chi connectivity index (χ2n) is 9.37. The van der Waals surface area contributed by atoms with E-state index in [4.69, 9.17) is 9.47 Å². The number of benzene rings is 2. The molecule has 2 aromatic carbocycles. The van der Waals surface area contributed by atoms with Crippen molar-refractivity contribution in [2.45, 2.75) is 58.1 Å². The van der Waals surface area contributed by atoms with Gasteiger partial charge in [-0.05, 0) is 69.4 Å². The Morgan fingerprint density at radius 2 is 1.97 bits per heavy atom. The molecule has 2 atom stereocenters. The van der Waals surface area contributed by atoms with E-state index in [1.165, 1.54) is 47.2 Å². The molecule has 2 aromatic rings. The predicted molar refractivity (Wildman–Crippen MR) is 124 cm³/mol. The first-order valence-electron chi connectivity index (χ1n) is 11.1. The number of ether oxygens (including phenoxy) is 2. The molecule has 3 aliphatic rings. The van der Waals surface area contributed by atoms with Crippen molar-refractivity contribution in [1.82, 2.24) is 0 Å². The van der Waals surface area contributed by atoms with Crippen molar-refractivity contribution in [2.75, 3.05) is 12.4 Å². The van der Waals surface area contributed by atoms with Crippen LogP contribution in [0.1, 0.15) is 63.7 Å². The number of nitrogens with one attached hydrogen (secondary N) is 1. The standard InChI is InChI=1S/C27H31NO2/c1-17-16-27(2,3)28-20-15-14-19-24-21(29-4)12-9-13-22(24)30-26(25(19)23(17)20)18-10-7-5-6-8-11-18/h7,9-10,12-16,18,26,28H,5-6,8,11H2,1-4H3. The summed E-state index contributed by atoms with van der Waals surface area (Å²) in [4.78, 5) is 0. The Hall–Kier alpha value is -2.68. The smallest absolute Gasteiger partial charge is 0.131 e. The molecule has 2 unspecified atom stereocenters. The van der Waals surface area contributed by atoms with Crippen molar-refractivity contribution >= 4 is 11.3 Å². The van der Waals surface area contributed by atoms with Crippen LogP contribution in [0, 0.1) is 5.92 Å². The van der Waals surface area contributed by atoms with E-state index in [1.54, 1.807) is 7.11 Å². The Morgan fingerprint density at radius 3 is 2.80 bits per heavy atom. The van der Waals surface area contributed by atoms with E-state index in [-0.39, 0.29) is 11.6 Å². The normalized spacial score (nSPS) is 23.7. The summed E-state index contributed by atoms with van der Waals surface area (Å²) in [7, 11) is 1.74. The molecule has 1 N–H and O–H groups in total.